The molecule has 1 saturated carbocycles. The summed E-state index contributed by atoms with van der Waals surface area (Å²) in [7, 11) is 0. The Bertz CT molecular complexity index is 507. The summed E-state index contributed by atoms with van der Waals surface area (Å²) in [6.07, 6.45) is 5.28. The highest BCUT2D eigenvalue weighted by Crippen LogP contribution is 2.27. The second-order valence-corrected chi connectivity index (χ2v) is 5.42. The van der Waals surface area contributed by atoms with E-state index in [0.717, 1.165) is 25.7 Å². The second kappa shape index (κ2) is 6.97. The van der Waals surface area contributed by atoms with Crippen molar-refractivity contribution in [2.75, 3.05) is 0 Å². The van der Waals surface area contributed by atoms with Crippen molar-refractivity contribution < 1.29 is 15.1 Å². The van der Waals surface area contributed by atoms with E-state index in [2.05, 4.69) is 10.5 Å². The Labute approximate surface area is 123 Å². The molecule has 1 unspecified atom stereocenters. The summed E-state index contributed by atoms with van der Waals surface area (Å²) in [6, 6.07) is 5.52. The molecule has 0 heterocycles. The fourth-order valence-corrected chi connectivity index (χ4v) is 2.80. The Morgan fingerprint density at radius 1 is 1.24 bits per heavy atom. The highest BCUT2D eigenvalue weighted by atomic mass is 16.4. The first kappa shape index (κ1) is 15.2. The number of aromatic hydroxyl groups is 1. The lowest BCUT2D eigenvalue weighted by Crippen LogP contribution is -2.49. The lowest BCUT2D eigenvalue weighted by molar-refractivity contribution is 0.0930. The molecule has 0 radical (unpaired) electrons. The van der Waals surface area contributed by atoms with Crippen LogP contribution in [-0.4, -0.2) is 28.1 Å². The van der Waals surface area contributed by atoms with Crippen LogP contribution in [0.4, 0.5) is 0 Å². The standard InChI is InChI=1S/C15H21N3O3/c16-14(18-21)13(10-4-2-1-3-5-10)17-15(20)11-6-8-12(19)9-7-11/h6-10,13,19,21H,1-5H2,(H2,16,18)(H,17,20). The normalized spacial score (nSPS) is 18.2. The molecule has 6 nitrogen and oxygen atoms in total. The number of hydrogen-bond donors (Lipinski definition) is 4. The van der Waals surface area contributed by atoms with Gasteiger partial charge in [0.1, 0.15) is 5.75 Å². The minimum Gasteiger partial charge on any atom is -0.508 e. The maximum absolute atomic E-state index is 12.2. The summed E-state index contributed by atoms with van der Waals surface area (Å²) >= 11 is 0. The van der Waals surface area contributed by atoms with Crippen molar-refractivity contribution in [2.45, 2.75) is 38.1 Å². The lowest BCUT2D eigenvalue weighted by Gasteiger charge is -2.30. The summed E-state index contributed by atoms with van der Waals surface area (Å²) in [5.74, 6) is 0.0359. The van der Waals surface area contributed by atoms with Gasteiger partial charge in [0, 0.05) is 5.56 Å². The zero-order chi connectivity index (χ0) is 15.2. The molecule has 1 aromatic carbocycles. The number of benzene rings is 1. The third-order valence-corrected chi connectivity index (χ3v) is 3.97. The first-order valence-electron chi connectivity index (χ1n) is 7.19. The maximum atomic E-state index is 12.2. The molecule has 6 heteroatoms. The molecule has 0 aromatic heterocycles. The van der Waals surface area contributed by atoms with Gasteiger partial charge in [-0.25, -0.2) is 0 Å². The summed E-state index contributed by atoms with van der Waals surface area (Å²) in [4.78, 5) is 12.2. The fourth-order valence-electron chi connectivity index (χ4n) is 2.80. The zero-order valence-corrected chi connectivity index (χ0v) is 11.8. The monoisotopic (exact) mass is 291 g/mol. The van der Waals surface area contributed by atoms with Crippen LogP contribution in [0.3, 0.4) is 0 Å². The van der Waals surface area contributed by atoms with E-state index in [9.17, 15) is 9.90 Å². The van der Waals surface area contributed by atoms with Gasteiger partial charge in [0.2, 0.25) is 0 Å². The predicted octanol–water partition coefficient (Wildman–Crippen LogP) is 1.82. The van der Waals surface area contributed by atoms with Crippen LogP contribution < -0.4 is 11.1 Å². The third kappa shape index (κ3) is 3.87. The second-order valence-electron chi connectivity index (χ2n) is 5.42. The van der Waals surface area contributed by atoms with Crippen molar-refractivity contribution >= 4 is 11.7 Å². The minimum atomic E-state index is -0.461. The van der Waals surface area contributed by atoms with E-state index < -0.39 is 6.04 Å². The summed E-state index contributed by atoms with van der Waals surface area (Å²) in [6.45, 7) is 0. The summed E-state index contributed by atoms with van der Waals surface area (Å²) in [5.41, 5.74) is 6.17. The van der Waals surface area contributed by atoms with Crippen LogP contribution in [0.5, 0.6) is 5.75 Å². The maximum Gasteiger partial charge on any atom is 0.251 e. The minimum absolute atomic E-state index is 0.0361. The van der Waals surface area contributed by atoms with E-state index in [1.807, 2.05) is 0 Å². The predicted molar refractivity (Wildman–Crippen MR) is 79.3 cm³/mol. The van der Waals surface area contributed by atoms with E-state index in [-0.39, 0.29) is 23.4 Å². The molecule has 5 N–H and O–H groups in total. The van der Waals surface area contributed by atoms with Gasteiger partial charge >= 0.3 is 0 Å². The van der Waals surface area contributed by atoms with E-state index >= 15 is 0 Å². The van der Waals surface area contributed by atoms with Gasteiger partial charge in [0.25, 0.3) is 5.91 Å². The fraction of sp³-hybridized carbons (Fsp3) is 0.467. The Kier molecular flexibility index (Phi) is 5.03. The number of phenolic OH excluding ortho intramolecular Hbond substituents is 1. The molecule has 2 rings (SSSR count). The Balaban J connectivity index is 2.10. The number of nitrogens with one attached hydrogen (secondary N) is 1. The number of phenols is 1. The Hall–Kier alpha value is -2.24. The number of nitrogens with two attached hydrogens (primary N) is 1. The van der Waals surface area contributed by atoms with Crippen LogP contribution in [0.2, 0.25) is 0 Å². The van der Waals surface area contributed by atoms with E-state index in [1.165, 1.54) is 30.7 Å². The Morgan fingerprint density at radius 2 is 1.86 bits per heavy atom. The molecule has 0 spiro atoms. The number of amidine groups is 1. The van der Waals surface area contributed by atoms with E-state index in [1.54, 1.807) is 0 Å². The topological polar surface area (TPSA) is 108 Å². The van der Waals surface area contributed by atoms with Gasteiger partial charge < -0.3 is 21.4 Å². The summed E-state index contributed by atoms with van der Waals surface area (Å²) < 4.78 is 0. The van der Waals surface area contributed by atoms with Crippen molar-refractivity contribution in [3.63, 3.8) is 0 Å². The molecule has 0 bridgehead atoms. The molecule has 0 saturated heterocycles. The molecule has 1 fully saturated rings. The first-order valence-corrected chi connectivity index (χ1v) is 7.19. The molecular formula is C15H21N3O3. The van der Waals surface area contributed by atoms with Crippen LogP contribution in [0, 0.1) is 5.92 Å². The highest BCUT2D eigenvalue weighted by Gasteiger charge is 2.28. The van der Waals surface area contributed by atoms with E-state index in [0.29, 0.717) is 5.56 Å². The van der Waals surface area contributed by atoms with Crippen LogP contribution in [0.25, 0.3) is 0 Å². The van der Waals surface area contributed by atoms with Crippen LogP contribution in [-0.2, 0) is 0 Å². The first-order chi connectivity index (χ1) is 10.1. The largest absolute Gasteiger partial charge is 0.508 e. The number of hydrogen-bond acceptors (Lipinski definition) is 4. The molecular weight excluding hydrogens is 270 g/mol. The molecule has 1 amide bonds. The molecule has 114 valence electrons. The molecule has 0 aliphatic heterocycles. The van der Waals surface area contributed by atoms with Crippen molar-refractivity contribution in [1.82, 2.24) is 5.32 Å². The van der Waals surface area contributed by atoms with Gasteiger partial charge in [0.15, 0.2) is 5.84 Å². The van der Waals surface area contributed by atoms with Crippen molar-refractivity contribution in [3.8, 4) is 5.75 Å². The number of rotatable bonds is 4. The third-order valence-electron chi connectivity index (χ3n) is 3.97. The molecule has 1 aromatic rings. The number of carbonyl (C=O) groups is 1. The number of amides is 1. The molecule has 1 aliphatic rings. The van der Waals surface area contributed by atoms with Crippen LogP contribution >= 0.6 is 0 Å². The average Bonchev–Trinajstić information content (AvgIpc) is 2.53. The Morgan fingerprint density at radius 3 is 2.43 bits per heavy atom. The van der Waals surface area contributed by atoms with Gasteiger partial charge in [-0.2, -0.15) is 0 Å². The number of oxime groups is 1. The summed E-state index contributed by atoms with van der Waals surface area (Å²) in [5, 5.41) is 24.1. The SMILES string of the molecule is N/C(=N\O)C(NC(=O)c1ccc(O)cc1)C1CCCCC1. The van der Waals surface area contributed by atoms with Crippen molar-refractivity contribution in [2.24, 2.45) is 16.8 Å². The van der Waals surface area contributed by atoms with Gasteiger partial charge in [0.05, 0.1) is 6.04 Å². The van der Waals surface area contributed by atoms with Gasteiger partial charge in [-0.05, 0) is 43.0 Å². The van der Waals surface area contributed by atoms with Gasteiger partial charge in [-0.15, -0.1) is 0 Å². The zero-order valence-electron chi connectivity index (χ0n) is 11.8. The quantitative estimate of drug-likeness (QED) is 0.294. The number of carbonyl (C=O) groups excluding carboxylic acids is 1. The average molecular weight is 291 g/mol. The smallest absolute Gasteiger partial charge is 0.251 e. The van der Waals surface area contributed by atoms with Gasteiger partial charge in [-0.1, -0.05) is 24.4 Å². The number of nitrogens with zero attached hydrogens (tertiary/aromatic N) is 1. The lowest BCUT2D eigenvalue weighted by atomic mass is 9.83. The van der Waals surface area contributed by atoms with E-state index in [4.69, 9.17) is 10.9 Å². The molecule has 21 heavy (non-hydrogen) atoms. The van der Waals surface area contributed by atoms with Crippen molar-refractivity contribution in [1.29, 1.82) is 0 Å². The highest BCUT2D eigenvalue weighted by molar-refractivity contribution is 5.98. The molecule has 1 aliphatic carbocycles. The van der Waals surface area contributed by atoms with Gasteiger partial charge in [-0.3, -0.25) is 4.79 Å². The molecule has 1 atom stereocenters. The van der Waals surface area contributed by atoms with Crippen molar-refractivity contribution in [3.05, 3.63) is 29.8 Å². The van der Waals surface area contributed by atoms with Crippen LogP contribution in [0.1, 0.15) is 42.5 Å². The van der Waals surface area contributed by atoms with Crippen LogP contribution in [0.15, 0.2) is 29.4 Å².